The number of hydrogen-bond donors (Lipinski definition) is 1. The standard InChI is InChI=1S/C11H16N2O2.ClH/c1-8-3-6-15-10(8)11(14)13-5-4-12-7-9(13)2;/h3,6,9,12H,4-5,7H2,1-2H3;1H/t9-;/m1./s1. The van der Waals surface area contributed by atoms with Crippen molar-refractivity contribution in [1.29, 1.82) is 0 Å². The molecule has 1 saturated heterocycles. The Morgan fingerprint density at radius 2 is 2.38 bits per heavy atom. The molecule has 1 N–H and O–H groups in total. The maximum absolute atomic E-state index is 12.1. The lowest BCUT2D eigenvalue weighted by molar-refractivity contribution is 0.0622. The number of piperazine rings is 1. The summed E-state index contributed by atoms with van der Waals surface area (Å²) in [4.78, 5) is 14.0. The van der Waals surface area contributed by atoms with Gasteiger partial charge in [0.25, 0.3) is 5.91 Å². The van der Waals surface area contributed by atoms with Crippen LogP contribution < -0.4 is 5.32 Å². The Morgan fingerprint density at radius 1 is 1.62 bits per heavy atom. The Bertz CT molecular complexity index is 365. The number of nitrogens with one attached hydrogen (secondary N) is 1. The van der Waals surface area contributed by atoms with Gasteiger partial charge in [-0.05, 0) is 19.9 Å². The molecule has 5 heteroatoms. The van der Waals surface area contributed by atoms with E-state index in [-0.39, 0.29) is 24.4 Å². The number of hydrogen-bond acceptors (Lipinski definition) is 3. The predicted octanol–water partition coefficient (Wildman–Crippen LogP) is 1.44. The molecule has 1 aliphatic rings. The summed E-state index contributed by atoms with van der Waals surface area (Å²) in [5.74, 6) is 0.482. The highest BCUT2D eigenvalue weighted by molar-refractivity contribution is 5.93. The number of furan rings is 1. The average Bonchev–Trinajstić information content (AvgIpc) is 2.64. The fourth-order valence-corrected chi connectivity index (χ4v) is 1.87. The highest BCUT2D eigenvalue weighted by atomic mass is 35.5. The third kappa shape index (κ3) is 2.39. The first-order valence-corrected chi connectivity index (χ1v) is 5.26. The number of carbonyl (C=O) groups is 1. The van der Waals surface area contributed by atoms with Crippen LogP contribution in [0.1, 0.15) is 23.0 Å². The van der Waals surface area contributed by atoms with E-state index in [0.29, 0.717) is 5.76 Å². The molecule has 4 nitrogen and oxygen atoms in total. The van der Waals surface area contributed by atoms with Gasteiger partial charge in [0.05, 0.1) is 6.26 Å². The van der Waals surface area contributed by atoms with Crippen LogP contribution in [0.25, 0.3) is 0 Å². The van der Waals surface area contributed by atoms with E-state index in [0.717, 1.165) is 25.2 Å². The quantitative estimate of drug-likeness (QED) is 0.813. The van der Waals surface area contributed by atoms with Crippen LogP contribution in [0.4, 0.5) is 0 Å². The van der Waals surface area contributed by atoms with Gasteiger partial charge in [0.1, 0.15) is 0 Å². The molecule has 16 heavy (non-hydrogen) atoms. The van der Waals surface area contributed by atoms with Crippen molar-refractivity contribution in [2.75, 3.05) is 19.6 Å². The third-order valence-electron chi connectivity index (χ3n) is 2.82. The number of halogens is 1. The smallest absolute Gasteiger partial charge is 0.290 e. The van der Waals surface area contributed by atoms with Gasteiger partial charge in [0.15, 0.2) is 5.76 Å². The van der Waals surface area contributed by atoms with Crippen LogP contribution in [0.2, 0.25) is 0 Å². The van der Waals surface area contributed by atoms with Gasteiger partial charge in [0.2, 0.25) is 0 Å². The Morgan fingerprint density at radius 3 is 2.94 bits per heavy atom. The number of aryl methyl sites for hydroxylation is 1. The van der Waals surface area contributed by atoms with Crippen LogP contribution in [-0.2, 0) is 0 Å². The molecular formula is C11H17ClN2O2. The Balaban J connectivity index is 0.00000128. The molecule has 2 rings (SSSR count). The van der Waals surface area contributed by atoms with Crippen molar-refractivity contribution in [1.82, 2.24) is 10.2 Å². The van der Waals surface area contributed by atoms with Gasteiger partial charge in [-0.2, -0.15) is 0 Å². The molecule has 1 fully saturated rings. The Kier molecular flexibility index (Phi) is 4.38. The topological polar surface area (TPSA) is 45.5 Å². The third-order valence-corrected chi connectivity index (χ3v) is 2.82. The first-order chi connectivity index (χ1) is 7.20. The molecule has 0 aromatic carbocycles. The summed E-state index contributed by atoms with van der Waals surface area (Å²) in [6.07, 6.45) is 1.56. The minimum atomic E-state index is 0. The maximum Gasteiger partial charge on any atom is 0.290 e. The summed E-state index contributed by atoms with van der Waals surface area (Å²) in [6.45, 7) is 6.40. The van der Waals surface area contributed by atoms with E-state index >= 15 is 0 Å². The molecule has 2 heterocycles. The summed E-state index contributed by atoms with van der Waals surface area (Å²) in [7, 11) is 0. The fourth-order valence-electron chi connectivity index (χ4n) is 1.87. The van der Waals surface area contributed by atoms with Gasteiger partial charge in [-0.3, -0.25) is 4.79 Å². The monoisotopic (exact) mass is 244 g/mol. The van der Waals surface area contributed by atoms with Crippen LogP contribution in [-0.4, -0.2) is 36.5 Å². The van der Waals surface area contributed by atoms with Gasteiger partial charge in [-0.15, -0.1) is 12.4 Å². The minimum Gasteiger partial charge on any atom is -0.459 e. The first kappa shape index (κ1) is 13.1. The van der Waals surface area contributed by atoms with E-state index in [4.69, 9.17) is 4.42 Å². The Labute approximate surface area is 101 Å². The zero-order chi connectivity index (χ0) is 10.8. The first-order valence-electron chi connectivity index (χ1n) is 5.26. The average molecular weight is 245 g/mol. The Hall–Kier alpha value is -1.00. The molecule has 1 aliphatic heterocycles. The highest BCUT2D eigenvalue weighted by Gasteiger charge is 2.26. The SMILES string of the molecule is Cc1ccoc1C(=O)N1CCNC[C@H]1C.Cl. The minimum absolute atomic E-state index is 0. The van der Waals surface area contributed by atoms with Crippen molar-refractivity contribution in [3.05, 3.63) is 23.7 Å². The summed E-state index contributed by atoms with van der Waals surface area (Å²) >= 11 is 0. The fraction of sp³-hybridized carbons (Fsp3) is 0.545. The second kappa shape index (κ2) is 5.37. The number of carbonyl (C=O) groups excluding carboxylic acids is 1. The van der Waals surface area contributed by atoms with E-state index in [1.807, 2.05) is 24.8 Å². The van der Waals surface area contributed by atoms with Crippen molar-refractivity contribution in [3.63, 3.8) is 0 Å². The number of rotatable bonds is 1. The second-order valence-electron chi connectivity index (χ2n) is 3.98. The maximum atomic E-state index is 12.1. The molecular weight excluding hydrogens is 228 g/mol. The molecule has 1 aromatic rings. The van der Waals surface area contributed by atoms with Crippen LogP contribution in [0.5, 0.6) is 0 Å². The van der Waals surface area contributed by atoms with Gasteiger partial charge >= 0.3 is 0 Å². The van der Waals surface area contributed by atoms with Gasteiger partial charge in [-0.25, -0.2) is 0 Å². The van der Waals surface area contributed by atoms with E-state index < -0.39 is 0 Å². The van der Waals surface area contributed by atoms with Crippen molar-refractivity contribution in [2.24, 2.45) is 0 Å². The lowest BCUT2D eigenvalue weighted by Crippen LogP contribution is -2.52. The number of nitrogens with zero attached hydrogens (tertiary/aromatic N) is 1. The van der Waals surface area contributed by atoms with Crippen LogP contribution in [0.3, 0.4) is 0 Å². The van der Waals surface area contributed by atoms with E-state index in [9.17, 15) is 4.79 Å². The summed E-state index contributed by atoms with van der Waals surface area (Å²) in [5.41, 5.74) is 0.908. The largest absolute Gasteiger partial charge is 0.459 e. The molecule has 0 unspecified atom stereocenters. The van der Waals surface area contributed by atoms with E-state index in [2.05, 4.69) is 5.32 Å². The molecule has 0 spiro atoms. The van der Waals surface area contributed by atoms with Crippen molar-refractivity contribution < 1.29 is 9.21 Å². The predicted molar refractivity (Wildman–Crippen MR) is 64.1 cm³/mol. The zero-order valence-corrected chi connectivity index (χ0v) is 10.3. The molecule has 0 aliphatic carbocycles. The molecule has 0 saturated carbocycles. The summed E-state index contributed by atoms with van der Waals surface area (Å²) in [6, 6.07) is 2.05. The lowest BCUT2D eigenvalue weighted by Gasteiger charge is -2.33. The second-order valence-corrected chi connectivity index (χ2v) is 3.98. The van der Waals surface area contributed by atoms with Crippen LogP contribution in [0, 0.1) is 6.92 Å². The van der Waals surface area contributed by atoms with E-state index in [1.54, 1.807) is 6.26 Å². The van der Waals surface area contributed by atoms with E-state index in [1.165, 1.54) is 0 Å². The highest BCUT2D eigenvalue weighted by Crippen LogP contribution is 2.14. The molecule has 0 bridgehead atoms. The lowest BCUT2D eigenvalue weighted by atomic mass is 10.2. The molecule has 90 valence electrons. The zero-order valence-electron chi connectivity index (χ0n) is 9.53. The molecule has 1 atom stereocenters. The van der Waals surface area contributed by atoms with Crippen molar-refractivity contribution in [2.45, 2.75) is 19.9 Å². The van der Waals surface area contributed by atoms with Gasteiger partial charge in [-0.1, -0.05) is 0 Å². The molecule has 1 amide bonds. The van der Waals surface area contributed by atoms with Gasteiger partial charge < -0.3 is 14.6 Å². The molecule has 0 radical (unpaired) electrons. The summed E-state index contributed by atoms with van der Waals surface area (Å²) in [5, 5.41) is 3.25. The normalized spacial score (nSPS) is 20.4. The van der Waals surface area contributed by atoms with Gasteiger partial charge in [0, 0.05) is 31.2 Å². The van der Waals surface area contributed by atoms with Crippen LogP contribution >= 0.6 is 12.4 Å². The molecule has 1 aromatic heterocycles. The summed E-state index contributed by atoms with van der Waals surface area (Å²) < 4.78 is 5.22. The number of amides is 1. The van der Waals surface area contributed by atoms with Crippen molar-refractivity contribution >= 4 is 18.3 Å². The van der Waals surface area contributed by atoms with Crippen LogP contribution in [0.15, 0.2) is 16.7 Å². The van der Waals surface area contributed by atoms with Crippen molar-refractivity contribution in [3.8, 4) is 0 Å².